The van der Waals surface area contributed by atoms with Crippen LogP contribution in [0, 0.1) is 28.1 Å². The molecule has 3 aliphatic rings. The van der Waals surface area contributed by atoms with Gasteiger partial charge in [0, 0.05) is 61.3 Å². The zero-order chi connectivity index (χ0) is 32.3. The first-order chi connectivity index (χ1) is 22.2. The Hall–Kier alpha value is -4.78. The minimum Gasteiger partial charge on any atom is -0.485 e. The summed E-state index contributed by atoms with van der Waals surface area (Å²) in [5, 5.41) is 22.1. The number of carbonyl (C=O) groups is 1. The molecule has 3 aromatic rings. The number of anilines is 3. The summed E-state index contributed by atoms with van der Waals surface area (Å²) in [4.78, 5) is 27.6. The second kappa shape index (κ2) is 13.3. The van der Waals surface area contributed by atoms with Crippen LogP contribution >= 0.6 is 0 Å². The Balaban J connectivity index is 1.10. The molecule has 0 radical (unpaired) electrons. The predicted molar refractivity (Wildman–Crippen MR) is 170 cm³/mol. The molecule has 0 spiro atoms. The van der Waals surface area contributed by atoms with Crippen molar-refractivity contribution in [1.82, 2.24) is 19.8 Å². The molecular formula is C34H37FN8O3. The van der Waals surface area contributed by atoms with Gasteiger partial charge in [-0.3, -0.25) is 9.69 Å². The summed E-state index contributed by atoms with van der Waals surface area (Å²) in [6.45, 7) is 9.44. The van der Waals surface area contributed by atoms with E-state index >= 15 is 4.39 Å². The zero-order valence-electron chi connectivity index (χ0n) is 26.0. The highest BCUT2D eigenvalue weighted by atomic mass is 19.1. The van der Waals surface area contributed by atoms with Crippen molar-refractivity contribution in [3.05, 3.63) is 60.3 Å². The van der Waals surface area contributed by atoms with E-state index in [2.05, 4.69) is 43.3 Å². The molecule has 1 amide bonds. The van der Waals surface area contributed by atoms with Crippen molar-refractivity contribution in [3.63, 3.8) is 0 Å². The van der Waals surface area contributed by atoms with Gasteiger partial charge in [-0.25, -0.2) is 14.4 Å². The molecule has 6 rings (SSSR count). The standard InChI is InChI=1S/C34H37FN8O3/c1-34(2)22-43(31(44)9-11-36)19-28(35)32(34)46-29-8-3-23(17-24(29)18-37)33-38-12-10-30(40-33)39-25-4-6-26(7-5-25)41-13-15-42(16-14-41)27-20-45-21-27/h3-8,10,12,17,27-28,32H,9,13-16,19-22H2,1-2H3,(H,38,39,40)/t28-,32-/m1/s1. The molecule has 0 saturated carbocycles. The number of benzene rings is 2. The second-order valence-electron chi connectivity index (χ2n) is 12.6. The molecule has 0 bridgehead atoms. The van der Waals surface area contributed by atoms with Crippen LogP contribution in [0.3, 0.4) is 0 Å². The van der Waals surface area contributed by atoms with Gasteiger partial charge in [0.05, 0.1) is 37.4 Å². The van der Waals surface area contributed by atoms with Gasteiger partial charge < -0.3 is 24.6 Å². The summed E-state index contributed by atoms with van der Waals surface area (Å²) in [5.74, 6) is 0.869. The molecule has 2 atom stereocenters. The highest BCUT2D eigenvalue weighted by Gasteiger charge is 2.46. The van der Waals surface area contributed by atoms with Crippen molar-refractivity contribution >= 4 is 23.1 Å². The number of piperidine rings is 1. The third-order valence-electron chi connectivity index (χ3n) is 8.90. The summed E-state index contributed by atoms with van der Waals surface area (Å²) in [6.07, 6.45) is -1.02. The van der Waals surface area contributed by atoms with Gasteiger partial charge in [0.1, 0.15) is 30.2 Å². The average Bonchev–Trinajstić information content (AvgIpc) is 3.03. The van der Waals surface area contributed by atoms with E-state index in [-0.39, 0.29) is 30.8 Å². The molecule has 2 aromatic carbocycles. The molecule has 1 N–H and O–H groups in total. The molecule has 3 aliphatic heterocycles. The van der Waals surface area contributed by atoms with Crippen molar-refractivity contribution in [2.75, 3.05) is 62.7 Å². The SMILES string of the molecule is CC1(C)CN(C(=O)CC#N)C[C@@H](F)[C@H]1Oc1ccc(-c2nccc(Nc3ccc(N4CCN(C5COC5)CC4)cc3)n2)cc1C#N. The normalized spacial score (nSPS) is 21.5. The maximum absolute atomic E-state index is 15.3. The summed E-state index contributed by atoms with van der Waals surface area (Å²) < 4.78 is 26.8. The van der Waals surface area contributed by atoms with E-state index in [1.165, 1.54) is 10.6 Å². The summed E-state index contributed by atoms with van der Waals surface area (Å²) in [7, 11) is 0. The first-order valence-electron chi connectivity index (χ1n) is 15.5. The highest BCUT2D eigenvalue weighted by Crippen LogP contribution is 2.36. The van der Waals surface area contributed by atoms with Gasteiger partial charge in [0.2, 0.25) is 5.91 Å². The first-order valence-corrected chi connectivity index (χ1v) is 15.5. The average molecular weight is 625 g/mol. The van der Waals surface area contributed by atoms with E-state index in [1.807, 2.05) is 32.0 Å². The zero-order valence-corrected chi connectivity index (χ0v) is 26.0. The molecule has 11 nitrogen and oxygen atoms in total. The van der Waals surface area contributed by atoms with Crippen molar-refractivity contribution in [2.45, 2.75) is 38.6 Å². The Morgan fingerprint density at radius 1 is 1.11 bits per heavy atom. The van der Waals surface area contributed by atoms with Gasteiger partial charge in [-0.15, -0.1) is 0 Å². The molecule has 12 heteroatoms. The maximum Gasteiger partial charge on any atom is 0.236 e. The number of carbonyl (C=O) groups excluding carboxylic acids is 1. The Morgan fingerprint density at radius 2 is 1.87 bits per heavy atom. The monoisotopic (exact) mass is 624 g/mol. The van der Waals surface area contributed by atoms with Crippen LogP contribution in [-0.2, 0) is 9.53 Å². The van der Waals surface area contributed by atoms with Crippen LogP contribution in [0.15, 0.2) is 54.7 Å². The number of nitrogens with zero attached hydrogens (tertiary/aromatic N) is 7. The fourth-order valence-electron chi connectivity index (χ4n) is 6.29. The third kappa shape index (κ3) is 6.74. The van der Waals surface area contributed by atoms with Crippen molar-refractivity contribution < 1.29 is 18.7 Å². The number of halogens is 1. The number of alkyl halides is 1. The quantitative estimate of drug-likeness (QED) is 0.390. The first kappa shape index (κ1) is 31.2. The van der Waals surface area contributed by atoms with Crippen LogP contribution in [0.5, 0.6) is 5.75 Å². The Morgan fingerprint density at radius 3 is 2.52 bits per heavy atom. The molecule has 0 aliphatic carbocycles. The summed E-state index contributed by atoms with van der Waals surface area (Å²) in [6, 6.07) is 19.6. The van der Waals surface area contributed by atoms with Crippen molar-refractivity contribution in [2.24, 2.45) is 5.41 Å². The van der Waals surface area contributed by atoms with Crippen LogP contribution in [0.4, 0.5) is 21.6 Å². The van der Waals surface area contributed by atoms with Gasteiger partial charge in [-0.05, 0) is 48.5 Å². The van der Waals surface area contributed by atoms with Crippen LogP contribution in [0.2, 0.25) is 0 Å². The summed E-state index contributed by atoms with van der Waals surface area (Å²) >= 11 is 0. The van der Waals surface area contributed by atoms with Crippen LogP contribution in [-0.4, -0.2) is 96.5 Å². The molecule has 3 saturated heterocycles. The lowest BCUT2D eigenvalue weighted by molar-refractivity contribution is -0.140. The second-order valence-corrected chi connectivity index (χ2v) is 12.6. The number of nitriles is 2. The maximum atomic E-state index is 15.3. The lowest BCUT2D eigenvalue weighted by atomic mass is 9.80. The number of likely N-dealkylation sites (tertiary alicyclic amines) is 1. The molecule has 4 heterocycles. The molecule has 46 heavy (non-hydrogen) atoms. The van der Waals surface area contributed by atoms with Gasteiger partial charge in [-0.2, -0.15) is 10.5 Å². The van der Waals surface area contributed by atoms with Crippen molar-refractivity contribution in [1.29, 1.82) is 10.5 Å². The Kier molecular flexibility index (Phi) is 9.02. The number of nitrogens with one attached hydrogen (secondary N) is 1. The van der Waals surface area contributed by atoms with E-state index in [0.717, 1.165) is 45.1 Å². The summed E-state index contributed by atoms with van der Waals surface area (Å²) in [5.41, 5.74) is 2.16. The van der Waals surface area contributed by atoms with Gasteiger partial charge in [0.25, 0.3) is 0 Å². The van der Waals surface area contributed by atoms with Crippen LogP contribution in [0.1, 0.15) is 25.8 Å². The largest absolute Gasteiger partial charge is 0.485 e. The number of hydrogen-bond acceptors (Lipinski definition) is 10. The van der Waals surface area contributed by atoms with Gasteiger partial charge in [-0.1, -0.05) is 13.8 Å². The van der Waals surface area contributed by atoms with Gasteiger partial charge >= 0.3 is 0 Å². The lowest BCUT2D eigenvalue weighted by Gasteiger charge is -2.45. The van der Waals surface area contributed by atoms with E-state index in [0.29, 0.717) is 23.2 Å². The number of hydrogen-bond donors (Lipinski definition) is 1. The minimum absolute atomic E-state index is 0.168. The molecule has 238 valence electrons. The number of rotatable bonds is 8. The fourth-order valence-corrected chi connectivity index (χ4v) is 6.29. The topological polar surface area (TPSA) is 131 Å². The van der Waals surface area contributed by atoms with Crippen LogP contribution < -0.4 is 15.0 Å². The number of piperazine rings is 1. The van der Waals surface area contributed by atoms with E-state index < -0.39 is 23.6 Å². The molecule has 0 unspecified atom stereocenters. The molecule has 1 aromatic heterocycles. The number of ether oxygens (including phenoxy) is 2. The molecule has 3 fully saturated rings. The molecular weight excluding hydrogens is 587 g/mol. The predicted octanol–water partition coefficient (Wildman–Crippen LogP) is 4.15. The fraction of sp³-hybridized carbons (Fsp3) is 0.441. The smallest absolute Gasteiger partial charge is 0.236 e. The van der Waals surface area contributed by atoms with E-state index in [4.69, 9.17) is 14.7 Å². The lowest BCUT2D eigenvalue weighted by Crippen LogP contribution is -2.58. The Bertz CT molecular complexity index is 1640. The number of aromatic nitrogens is 2. The number of amides is 1. The van der Waals surface area contributed by atoms with Crippen LogP contribution in [0.25, 0.3) is 11.4 Å². The van der Waals surface area contributed by atoms with Gasteiger partial charge in [0.15, 0.2) is 12.0 Å². The van der Waals surface area contributed by atoms with E-state index in [1.54, 1.807) is 30.5 Å². The highest BCUT2D eigenvalue weighted by molar-refractivity contribution is 5.78. The van der Waals surface area contributed by atoms with Crippen molar-refractivity contribution in [3.8, 4) is 29.3 Å². The minimum atomic E-state index is -1.49. The third-order valence-corrected chi connectivity index (χ3v) is 8.90. The van der Waals surface area contributed by atoms with E-state index in [9.17, 15) is 10.1 Å². The Labute approximate surface area is 268 Å².